The van der Waals surface area contributed by atoms with E-state index < -0.39 is 0 Å². The Bertz CT molecular complexity index is 232. The van der Waals surface area contributed by atoms with Crippen LogP contribution in [0.1, 0.15) is 65.2 Å². The second-order valence-corrected chi connectivity index (χ2v) is 5.16. The summed E-state index contributed by atoms with van der Waals surface area (Å²) < 4.78 is 4.94. The van der Waals surface area contributed by atoms with E-state index in [0.29, 0.717) is 0 Å². The van der Waals surface area contributed by atoms with Crippen molar-refractivity contribution in [1.82, 2.24) is 4.90 Å². The minimum Gasteiger partial charge on any atom is -0.453 e. The molecule has 100 valence electrons. The maximum Gasteiger partial charge on any atom is 0.409 e. The van der Waals surface area contributed by atoms with Gasteiger partial charge in [0.1, 0.15) is 0 Å². The van der Waals surface area contributed by atoms with Crippen molar-refractivity contribution in [1.29, 1.82) is 0 Å². The Morgan fingerprint density at radius 3 is 2.29 bits per heavy atom. The van der Waals surface area contributed by atoms with E-state index in [2.05, 4.69) is 13.8 Å². The first kappa shape index (κ1) is 14.3. The van der Waals surface area contributed by atoms with Crippen LogP contribution in [0.2, 0.25) is 0 Å². The fraction of sp³-hybridized carbons (Fsp3) is 0.929. The van der Waals surface area contributed by atoms with Gasteiger partial charge in [0.15, 0.2) is 0 Å². The zero-order chi connectivity index (χ0) is 12.7. The standard InChI is InChI=1S/C14H27NO2/c1-4-6-9-14(10-7-5-2)11-8-12-15(14)13(16)17-3/h4-12H2,1-3H3. The van der Waals surface area contributed by atoms with Gasteiger partial charge >= 0.3 is 6.09 Å². The number of rotatable bonds is 6. The first-order valence-electron chi connectivity index (χ1n) is 7.05. The molecule has 0 saturated carbocycles. The highest BCUT2D eigenvalue weighted by atomic mass is 16.5. The summed E-state index contributed by atoms with van der Waals surface area (Å²) >= 11 is 0. The lowest BCUT2D eigenvalue weighted by Gasteiger charge is -2.38. The number of hydrogen-bond donors (Lipinski definition) is 0. The van der Waals surface area contributed by atoms with Gasteiger partial charge in [-0.1, -0.05) is 39.5 Å². The molecule has 1 aliphatic rings. The zero-order valence-electron chi connectivity index (χ0n) is 11.6. The van der Waals surface area contributed by atoms with E-state index in [1.54, 1.807) is 0 Å². The molecule has 1 fully saturated rings. The highest BCUT2D eigenvalue weighted by Gasteiger charge is 2.42. The molecule has 1 amide bonds. The molecule has 0 radical (unpaired) electrons. The molecule has 0 spiro atoms. The molecule has 0 N–H and O–H groups in total. The van der Waals surface area contributed by atoms with Crippen LogP contribution in [0.3, 0.4) is 0 Å². The Labute approximate surface area is 106 Å². The number of nitrogens with zero attached hydrogens (tertiary/aromatic N) is 1. The van der Waals surface area contributed by atoms with Gasteiger partial charge in [-0.3, -0.25) is 0 Å². The maximum atomic E-state index is 11.9. The summed E-state index contributed by atoms with van der Waals surface area (Å²) in [6.07, 6.45) is 9.23. The van der Waals surface area contributed by atoms with Gasteiger partial charge in [-0.05, 0) is 25.7 Å². The summed E-state index contributed by atoms with van der Waals surface area (Å²) in [5.74, 6) is 0. The highest BCUT2D eigenvalue weighted by molar-refractivity contribution is 5.69. The van der Waals surface area contributed by atoms with Crippen molar-refractivity contribution in [2.24, 2.45) is 0 Å². The zero-order valence-corrected chi connectivity index (χ0v) is 11.6. The molecule has 0 unspecified atom stereocenters. The number of unbranched alkanes of at least 4 members (excludes halogenated alkanes) is 2. The molecule has 0 atom stereocenters. The summed E-state index contributed by atoms with van der Waals surface area (Å²) in [6, 6.07) is 0. The fourth-order valence-corrected chi connectivity index (χ4v) is 2.99. The third kappa shape index (κ3) is 3.36. The van der Waals surface area contributed by atoms with Crippen LogP contribution < -0.4 is 0 Å². The highest BCUT2D eigenvalue weighted by Crippen LogP contribution is 2.38. The third-order valence-corrected chi connectivity index (χ3v) is 3.98. The lowest BCUT2D eigenvalue weighted by atomic mass is 9.85. The van der Waals surface area contributed by atoms with Gasteiger partial charge in [0.05, 0.1) is 7.11 Å². The van der Waals surface area contributed by atoms with Crippen LogP contribution in [0, 0.1) is 0 Å². The number of ether oxygens (including phenoxy) is 1. The largest absolute Gasteiger partial charge is 0.453 e. The van der Waals surface area contributed by atoms with Crippen molar-refractivity contribution in [3.63, 3.8) is 0 Å². The summed E-state index contributed by atoms with van der Waals surface area (Å²) in [5, 5.41) is 0. The second-order valence-electron chi connectivity index (χ2n) is 5.16. The van der Waals surface area contributed by atoms with E-state index in [-0.39, 0.29) is 11.6 Å². The van der Waals surface area contributed by atoms with Gasteiger partial charge in [0.25, 0.3) is 0 Å². The molecule has 0 aromatic rings. The molecular formula is C14H27NO2. The Kier molecular flexibility index (Phi) is 5.79. The second kappa shape index (κ2) is 6.87. The van der Waals surface area contributed by atoms with Crippen LogP contribution >= 0.6 is 0 Å². The minimum absolute atomic E-state index is 0.0963. The van der Waals surface area contributed by atoms with Crippen molar-refractivity contribution in [2.45, 2.75) is 70.8 Å². The lowest BCUT2D eigenvalue weighted by Crippen LogP contribution is -2.47. The van der Waals surface area contributed by atoms with Crippen LogP contribution in [-0.2, 0) is 4.74 Å². The number of carbonyl (C=O) groups excluding carboxylic acids is 1. The molecule has 0 aromatic heterocycles. The molecule has 1 heterocycles. The quantitative estimate of drug-likeness (QED) is 0.704. The Morgan fingerprint density at radius 2 is 1.82 bits per heavy atom. The summed E-state index contributed by atoms with van der Waals surface area (Å²) in [6.45, 7) is 5.30. The SMILES string of the molecule is CCCCC1(CCCC)CCCN1C(=O)OC. The summed E-state index contributed by atoms with van der Waals surface area (Å²) in [7, 11) is 1.49. The van der Waals surface area contributed by atoms with E-state index >= 15 is 0 Å². The number of hydrogen-bond acceptors (Lipinski definition) is 2. The molecule has 0 aliphatic carbocycles. The maximum absolute atomic E-state index is 11.9. The smallest absolute Gasteiger partial charge is 0.409 e. The average molecular weight is 241 g/mol. The predicted molar refractivity (Wildman–Crippen MR) is 70.1 cm³/mol. The molecule has 1 saturated heterocycles. The van der Waals surface area contributed by atoms with Crippen LogP contribution in [0.25, 0.3) is 0 Å². The Hall–Kier alpha value is -0.730. The van der Waals surface area contributed by atoms with Gasteiger partial charge in [0, 0.05) is 12.1 Å². The molecule has 3 heteroatoms. The number of methoxy groups -OCH3 is 1. The number of carbonyl (C=O) groups is 1. The van der Waals surface area contributed by atoms with Crippen molar-refractivity contribution in [3.8, 4) is 0 Å². The van der Waals surface area contributed by atoms with Gasteiger partial charge < -0.3 is 9.64 Å². The summed E-state index contributed by atoms with van der Waals surface area (Å²) in [5.41, 5.74) is 0.0963. The Morgan fingerprint density at radius 1 is 1.24 bits per heavy atom. The molecule has 1 rings (SSSR count). The van der Waals surface area contributed by atoms with Gasteiger partial charge in [-0.15, -0.1) is 0 Å². The summed E-state index contributed by atoms with van der Waals surface area (Å²) in [4.78, 5) is 13.9. The molecule has 0 aromatic carbocycles. The first-order chi connectivity index (χ1) is 8.20. The van der Waals surface area contributed by atoms with Crippen LogP contribution in [0.5, 0.6) is 0 Å². The Balaban J connectivity index is 2.74. The number of amides is 1. The lowest BCUT2D eigenvalue weighted by molar-refractivity contribution is 0.0744. The predicted octanol–water partition coefficient (Wildman–Crippen LogP) is 3.97. The molecule has 3 nitrogen and oxygen atoms in total. The van der Waals surface area contributed by atoms with Crippen LogP contribution in [-0.4, -0.2) is 30.2 Å². The van der Waals surface area contributed by atoms with Gasteiger partial charge in [0.2, 0.25) is 0 Å². The molecule has 0 bridgehead atoms. The third-order valence-electron chi connectivity index (χ3n) is 3.98. The van der Waals surface area contributed by atoms with Crippen molar-refractivity contribution >= 4 is 6.09 Å². The van der Waals surface area contributed by atoms with Crippen LogP contribution in [0.4, 0.5) is 4.79 Å². The van der Waals surface area contributed by atoms with Gasteiger partial charge in [-0.25, -0.2) is 4.79 Å². The molecular weight excluding hydrogens is 214 g/mol. The minimum atomic E-state index is -0.130. The van der Waals surface area contributed by atoms with E-state index in [0.717, 1.165) is 32.2 Å². The van der Waals surface area contributed by atoms with E-state index in [1.165, 1.54) is 32.8 Å². The van der Waals surface area contributed by atoms with E-state index in [4.69, 9.17) is 4.74 Å². The first-order valence-corrected chi connectivity index (χ1v) is 7.05. The molecule has 17 heavy (non-hydrogen) atoms. The van der Waals surface area contributed by atoms with Crippen molar-refractivity contribution in [2.75, 3.05) is 13.7 Å². The van der Waals surface area contributed by atoms with Crippen LogP contribution in [0.15, 0.2) is 0 Å². The number of likely N-dealkylation sites (tertiary alicyclic amines) is 1. The topological polar surface area (TPSA) is 29.5 Å². The van der Waals surface area contributed by atoms with Gasteiger partial charge in [-0.2, -0.15) is 0 Å². The average Bonchev–Trinajstić information content (AvgIpc) is 2.77. The van der Waals surface area contributed by atoms with E-state index in [1.807, 2.05) is 4.90 Å². The monoisotopic (exact) mass is 241 g/mol. The van der Waals surface area contributed by atoms with Crippen molar-refractivity contribution in [3.05, 3.63) is 0 Å². The molecule has 1 aliphatic heterocycles. The van der Waals surface area contributed by atoms with E-state index in [9.17, 15) is 4.79 Å². The fourth-order valence-electron chi connectivity index (χ4n) is 2.99. The van der Waals surface area contributed by atoms with Crippen molar-refractivity contribution < 1.29 is 9.53 Å². The normalized spacial score (nSPS) is 18.4.